The molecule has 0 spiro atoms. The third kappa shape index (κ3) is 9.81. The number of rotatable bonds is 8. The minimum absolute atomic E-state index is 0.0941. The van der Waals surface area contributed by atoms with Crippen LogP contribution in [0, 0.1) is 0 Å². The molecule has 3 heteroatoms. The number of alkyl halides is 1. The molecule has 0 saturated carbocycles. The van der Waals surface area contributed by atoms with Crippen molar-refractivity contribution in [2.75, 3.05) is 6.54 Å². The summed E-state index contributed by atoms with van der Waals surface area (Å²) >= 11 is 5.94. The summed E-state index contributed by atoms with van der Waals surface area (Å²) in [4.78, 5) is 0. The molecule has 0 rings (SSSR count). The fourth-order valence-electron chi connectivity index (χ4n) is 0.996. The van der Waals surface area contributed by atoms with E-state index in [1.807, 2.05) is 0 Å². The van der Waals surface area contributed by atoms with Gasteiger partial charge in [0.05, 0.1) is 6.54 Å². The lowest BCUT2D eigenvalue weighted by Crippen LogP contribution is -1.93. The molecular weight excluding hydrogens is 184 g/mol. The van der Waals surface area contributed by atoms with Crippen LogP contribution in [0.4, 0.5) is 0 Å². The van der Waals surface area contributed by atoms with Crippen LogP contribution in [0.25, 0.3) is 0 Å². The molecule has 2 nitrogen and oxygen atoms in total. The van der Waals surface area contributed by atoms with Crippen LogP contribution in [0.3, 0.4) is 0 Å². The summed E-state index contributed by atoms with van der Waals surface area (Å²) in [7, 11) is 0. The first-order valence-electron chi connectivity index (χ1n) is 5.32. The Hall–Kier alpha value is -0.110. The summed E-state index contributed by atoms with van der Waals surface area (Å²) < 4.78 is 0. The Kier molecular flexibility index (Phi) is 9.89. The molecule has 0 saturated heterocycles. The highest BCUT2D eigenvalue weighted by molar-refractivity contribution is 6.20. The molecule has 78 valence electrons. The zero-order valence-corrected chi connectivity index (χ0v) is 9.56. The van der Waals surface area contributed by atoms with Gasteiger partial charge in [0.1, 0.15) is 5.50 Å². The van der Waals surface area contributed by atoms with Crippen LogP contribution in [-0.4, -0.2) is 12.0 Å². The Morgan fingerprint density at radius 1 is 1.08 bits per heavy atom. The maximum absolute atomic E-state index is 5.94. The quantitative estimate of drug-likeness (QED) is 0.243. The van der Waals surface area contributed by atoms with Crippen LogP contribution in [0.5, 0.6) is 0 Å². The average Bonchev–Trinajstić information content (AvgIpc) is 2.13. The first-order valence-corrected chi connectivity index (χ1v) is 5.75. The van der Waals surface area contributed by atoms with Crippen molar-refractivity contribution in [3.63, 3.8) is 0 Å². The van der Waals surface area contributed by atoms with Crippen molar-refractivity contribution in [3.8, 4) is 0 Å². The van der Waals surface area contributed by atoms with Crippen molar-refractivity contribution in [3.05, 3.63) is 0 Å². The van der Waals surface area contributed by atoms with E-state index in [4.69, 9.17) is 11.6 Å². The molecule has 0 N–H and O–H groups in total. The second-order valence-corrected chi connectivity index (χ2v) is 3.77. The van der Waals surface area contributed by atoms with Crippen molar-refractivity contribution in [1.29, 1.82) is 0 Å². The fraction of sp³-hybridized carbons (Fsp3) is 1.00. The molecule has 0 aliphatic carbocycles. The molecule has 0 aliphatic rings. The first-order chi connectivity index (χ1) is 6.31. The number of unbranched alkanes of at least 4 members (excludes halogenated alkanes) is 3. The summed E-state index contributed by atoms with van der Waals surface area (Å²) in [6.07, 6.45) is 6.89. The van der Waals surface area contributed by atoms with Crippen LogP contribution in [-0.2, 0) is 0 Å². The Morgan fingerprint density at radius 2 is 1.77 bits per heavy atom. The highest BCUT2D eigenvalue weighted by atomic mass is 35.5. The van der Waals surface area contributed by atoms with E-state index in [-0.39, 0.29) is 5.50 Å². The van der Waals surface area contributed by atoms with Crippen LogP contribution < -0.4 is 0 Å². The molecule has 0 aromatic heterocycles. The van der Waals surface area contributed by atoms with Gasteiger partial charge in [-0.25, -0.2) is 0 Å². The zero-order chi connectivity index (χ0) is 9.94. The molecule has 0 amide bonds. The Labute approximate surface area is 86.8 Å². The smallest absolute Gasteiger partial charge is 0.144 e. The van der Waals surface area contributed by atoms with E-state index < -0.39 is 0 Å². The van der Waals surface area contributed by atoms with Gasteiger partial charge in [0.2, 0.25) is 0 Å². The van der Waals surface area contributed by atoms with Gasteiger partial charge in [-0.1, -0.05) is 51.1 Å². The second-order valence-electron chi connectivity index (χ2n) is 3.26. The van der Waals surface area contributed by atoms with Crippen molar-refractivity contribution in [1.82, 2.24) is 0 Å². The van der Waals surface area contributed by atoms with Gasteiger partial charge >= 0.3 is 0 Å². The minimum atomic E-state index is -0.0941. The van der Waals surface area contributed by atoms with Gasteiger partial charge in [0.15, 0.2) is 0 Å². The molecule has 13 heavy (non-hydrogen) atoms. The number of hydrogen-bond donors (Lipinski definition) is 0. The standard InChI is InChI=1S/C10H21ClN2/c1-3-5-7-8-10(11)13-12-9-6-4-2/h10H,3-9H2,1-2H3. The highest BCUT2D eigenvalue weighted by Gasteiger charge is 1.99. The van der Waals surface area contributed by atoms with Crippen molar-refractivity contribution >= 4 is 11.6 Å². The summed E-state index contributed by atoms with van der Waals surface area (Å²) in [5.41, 5.74) is -0.0941. The topological polar surface area (TPSA) is 24.7 Å². The SMILES string of the molecule is CCCCCC(Cl)N=NCCCC. The van der Waals surface area contributed by atoms with Gasteiger partial charge in [-0.05, 0) is 12.8 Å². The van der Waals surface area contributed by atoms with E-state index in [0.29, 0.717) is 0 Å². The second kappa shape index (κ2) is 9.97. The van der Waals surface area contributed by atoms with E-state index in [0.717, 1.165) is 25.8 Å². The lowest BCUT2D eigenvalue weighted by molar-refractivity contribution is 0.627. The Balaban J connectivity index is 3.27. The van der Waals surface area contributed by atoms with E-state index in [1.54, 1.807) is 0 Å². The summed E-state index contributed by atoms with van der Waals surface area (Å²) in [5, 5.41) is 8.06. The predicted octanol–water partition coefficient (Wildman–Crippen LogP) is 4.38. The molecule has 1 unspecified atom stereocenters. The van der Waals surface area contributed by atoms with E-state index in [9.17, 15) is 0 Å². The van der Waals surface area contributed by atoms with Crippen molar-refractivity contribution in [2.45, 2.75) is 57.9 Å². The maximum Gasteiger partial charge on any atom is 0.144 e. The number of hydrogen-bond acceptors (Lipinski definition) is 2. The fourth-order valence-corrected chi connectivity index (χ4v) is 1.21. The lowest BCUT2D eigenvalue weighted by atomic mass is 10.2. The van der Waals surface area contributed by atoms with Crippen LogP contribution in [0.1, 0.15) is 52.4 Å². The predicted molar refractivity (Wildman–Crippen MR) is 58.4 cm³/mol. The van der Waals surface area contributed by atoms with Crippen LogP contribution in [0.2, 0.25) is 0 Å². The molecule has 0 aromatic carbocycles. The van der Waals surface area contributed by atoms with E-state index >= 15 is 0 Å². The maximum atomic E-state index is 5.94. The minimum Gasteiger partial charge on any atom is -0.193 e. The molecule has 0 fully saturated rings. The van der Waals surface area contributed by atoms with Gasteiger partial charge < -0.3 is 0 Å². The van der Waals surface area contributed by atoms with Crippen molar-refractivity contribution < 1.29 is 0 Å². The van der Waals surface area contributed by atoms with Gasteiger partial charge in [0.25, 0.3) is 0 Å². The molecular formula is C10H21ClN2. The van der Waals surface area contributed by atoms with Gasteiger partial charge in [-0.3, -0.25) is 0 Å². The number of azo groups is 1. The lowest BCUT2D eigenvalue weighted by Gasteiger charge is -2.01. The third-order valence-corrected chi connectivity index (χ3v) is 2.17. The summed E-state index contributed by atoms with van der Waals surface area (Å²) in [6.45, 7) is 5.16. The van der Waals surface area contributed by atoms with Crippen LogP contribution >= 0.6 is 11.6 Å². The number of nitrogens with zero attached hydrogens (tertiary/aromatic N) is 2. The van der Waals surface area contributed by atoms with E-state index in [2.05, 4.69) is 24.1 Å². The molecule has 0 aromatic rings. The van der Waals surface area contributed by atoms with Gasteiger partial charge in [-0.15, -0.1) is 0 Å². The van der Waals surface area contributed by atoms with Crippen LogP contribution in [0.15, 0.2) is 10.2 Å². The molecule has 1 atom stereocenters. The summed E-state index contributed by atoms with van der Waals surface area (Å²) in [5.74, 6) is 0. The largest absolute Gasteiger partial charge is 0.193 e. The monoisotopic (exact) mass is 204 g/mol. The van der Waals surface area contributed by atoms with Gasteiger partial charge in [0, 0.05) is 0 Å². The highest BCUT2D eigenvalue weighted by Crippen LogP contribution is 2.10. The molecule has 0 radical (unpaired) electrons. The van der Waals surface area contributed by atoms with E-state index in [1.165, 1.54) is 19.3 Å². The third-order valence-electron chi connectivity index (χ3n) is 1.86. The van der Waals surface area contributed by atoms with Crippen molar-refractivity contribution in [2.24, 2.45) is 10.2 Å². The van der Waals surface area contributed by atoms with Gasteiger partial charge in [-0.2, -0.15) is 10.2 Å². The molecule has 0 heterocycles. The molecule has 0 aliphatic heterocycles. The number of halogens is 1. The zero-order valence-electron chi connectivity index (χ0n) is 8.80. The average molecular weight is 205 g/mol. The first kappa shape index (κ1) is 12.9. The Bertz CT molecular complexity index is 126. The summed E-state index contributed by atoms with van der Waals surface area (Å²) in [6, 6.07) is 0. The normalized spacial score (nSPS) is 13.8. The Morgan fingerprint density at radius 3 is 2.38 bits per heavy atom. The molecule has 0 bridgehead atoms.